The van der Waals surface area contributed by atoms with Crippen molar-refractivity contribution < 1.29 is 4.74 Å². The summed E-state index contributed by atoms with van der Waals surface area (Å²) >= 11 is 0. The molecule has 0 spiro atoms. The molecule has 5 nitrogen and oxygen atoms in total. The van der Waals surface area contributed by atoms with E-state index in [1.54, 1.807) is 6.33 Å². The van der Waals surface area contributed by atoms with Gasteiger partial charge in [0, 0.05) is 50.7 Å². The van der Waals surface area contributed by atoms with Crippen LogP contribution in [0, 0.1) is 0 Å². The van der Waals surface area contributed by atoms with E-state index in [1.165, 1.54) is 0 Å². The van der Waals surface area contributed by atoms with Gasteiger partial charge in [-0.2, -0.15) is 0 Å². The van der Waals surface area contributed by atoms with Crippen LogP contribution in [0.2, 0.25) is 0 Å². The van der Waals surface area contributed by atoms with E-state index in [-0.39, 0.29) is 0 Å². The second-order valence-corrected chi connectivity index (χ2v) is 3.88. The number of hydrogen-bond donors (Lipinski definition) is 1. The largest absolute Gasteiger partial charge is 0.379 e. The van der Waals surface area contributed by atoms with E-state index in [9.17, 15) is 0 Å². The summed E-state index contributed by atoms with van der Waals surface area (Å²) in [5.41, 5.74) is 1.13. The van der Waals surface area contributed by atoms with Gasteiger partial charge in [0.2, 0.25) is 0 Å². The zero-order valence-corrected chi connectivity index (χ0v) is 9.43. The third-order valence-electron chi connectivity index (χ3n) is 2.65. The van der Waals surface area contributed by atoms with Crippen LogP contribution in [-0.2, 0) is 11.3 Å². The van der Waals surface area contributed by atoms with Crippen LogP contribution < -0.4 is 5.32 Å². The van der Waals surface area contributed by atoms with Crippen LogP contribution in [0.1, 0.15) is 5.56 Å². The van der Waals surface area contributed by atoms with Gasteiger partial charge < -0.3 is 10.1 Å². The number of ether oxygens (including phenoxy) is 1. The van der Waals surface area contributed by atoms with E-state index in [0.717, 1.165) is 51.5 Å². The van der Waals surface area contributed by atoms with Gasteiger partial charge in [-0.25, -0.2) is 9.97 Å². The number of nitrogens with zero attached hydrogens (tertiary/aromatic N) is 3. The average Bonchev–Trinajstić information content (AvgIpc) is 2.37. The minimum Gasteiger partial charge on any atom is -0.379 e. The molecule has 0 aliphatic carbocycles. The fraction of sp³-hybridized carbons (Fsp3) is 0.636. The first-order chi connectivity index (χ1) is 7.95. The molecule has 88 valence electrons. The van der Waals surface area contributed by atoms with Gasteiger partial charge >= 0.3 is 0 Å². The molecule has 1 aromatic heterocycles. The van der Waals surface area contributed by atoms with Crippen molar-refractivity contribution in [3.8, 4) is 0 Å². The Kier molecular flexibility index (Phi) is 4.67. The lowest BCUT2D eigenvalue weighted by Crippen LogP contribution is -2.40. The molecule has 1 aromatic rings. The lowest BCUT2D eigenvalue weighted by molar-refractivity contribution is 0.0384. The lowest BCUT2D eigenvalue weighted by Gasteiger charge is -2.26. The summed E-state index contributed by atoms with van der Waals surface area (Å²) < 4.78 is 5.30. The monoisotopic (exact) mass is 222 g/mol. The molecule has 0 atom stereocenters. The topological polar surface area (TPSA) is 50.3 Å². The number of nitrogens with one attached hydrogen (secondary N) is 1. The molecule has 5 heteroatoms. The van der Waals surface area contributed by atoms with Crippen molar-refractivity contribution in [3.63, 3.8) is 0 Å². The maximum Gasteiger partial charge on any atom is 0.115 e. The predicted octanol–water partition coefficient (Wildman–Crippen LogP) is -0.102. The van der Waals surface area contributed by atoms with Crippen molar-refractivity contribution in [2.45, 2.75) is 6.54 Å². The SMILES string of the molecule is c1ncc(CNCCN2CCOCC2)cn1. The smallest absolute Gasteiger partial charge is 0.115 e. The van der Waals surface area contributed by atoms with Crippen LogP contribution in [0.5, 0.6) is 0 Å². The second-order valence-electron chi connectivity index (χ2n) is 3.88. The maximum absolute atomic E-state index is 5.30. The molecule has 16 heavy (non-hydrogen) atoms. The Hall–Kier alpha value is -1.04. The fourth-order valence-corrected chi connectivity index (χ4v) is 1.72. The standard InChI is InChI=1S/C11H18N4O/c1(2-15-3-5-16-6-4-15)12-7-11-8-13-10-14-9-11/h8-10,12H,1-7H2. The van der Waals surface area contributed by atoms with E-state index in [0.29, 0.717) is 0 Å². The molecule has 0 saturated carbocycles. The molecule has 1 aliphatic heterocycles. The number of morpholine rings is 1. The van der Waals surface area contributed by atoms with Gasteiger partial charge in [-0.05, 0) is 0 Å². The Balaban J connectivity index is 1.58. The van der Waals surface area contributed by atoms with Gasteiger partial charge in [0.1, 0.15) is 6.33 Å². The van der Waals surface area contributed by atoms with Crippen LogP contribution in [0.25, 0.3) is 0 Å². The Labute approximate surface area is 95.8 Å². The molecule has 0 amide bonds. The first-order valence-corrected chi connectivity index (χ1v) is 5.70. The second kappa shape index (κ2) is 6.52. The average molecular weight is 222 g/mol. The van der Waals surface area contributed by atoms with E-state index in [1.807, 2.05) is 12.4 Å². The molecule has 2 heterocycles. The van der Waals surface area contributed by atoms with Crippen LogP contribution in [0.15, 0.2) is 18.7 Å². The minimum atomic E-state index is 0.838. The number of aromatic nitrogens is 2. The van der Waals surface area contributed by atoms with Gasteiger partial charge in [0.05, 0.1) is 13.2 Å². The zero-order chi connectivity index (χ0) is 11.1. The summed E-state index contributed by atoms with van der Waals surface area (Å²) in [6, 6.07) is 0. The third kappa shape index (κ3) is 3.84. The highest BCUT2D eigenvalue weighted by atomic mass is 16.5. The van der Waals surface area contributed by atoms with Crippen LogP contribution in [0.3, 0.4) is 0 Å². The predicted molar refractivity (Wildman–Crippen MR) is 61.0 cm³/mol. The summed E-state index contributed by atoms with van der Waals surface area (Å²) in [6.07, 6.45) is 5.24. The summed E-state index contributed by atoms with van der Waals surface area (Å²) in [5.74, 6) is 0. The van der Waals surface area contributed by atoms with Gasteiger partial charge in [0.25, 0.3) is 0 Å². The van der Waals surface area contributed by atoms with Crippen molar-refractivity contribution in [3.05, 3.63) is 24.3 Å². The van der Waals surface area contributed by atoms with Crippen LogP contribution in [-0.4, -0.2) is 54.3 Å². The molecule has 1 fully saturated rings. The summed E-state index contributed by atoms with van der Waals surface area (Å²) in [4.78, 5) is 10.4. The van der Waals surface area contributed by atoms with Gasteiger partial charge in [-0.1, -0.05) is 0 Å². The van der Waals surface area contributed by atoms with E-state index in [4.69, 9.17) is 4.74 Å². The lowest BCUT2D eigenvalue weighted by atomic mass is 10.3. The van der Waals surface area contributed by atoms with E-state index in [2.05, 4.69) is 20.2 Å². The minimum absolute atomic E-state index is 0.838. The van der Waals surface area contributed by atoms with E-state index < -0.39 is 0 Å². The Morgan fingerprint density at radius 1 is 1.25 bits per heavy atom. The number of rotatable bonds is 5. The van der Waals surface area contributed by atoms with Gasteiger partial charge in [-0.15, -0.1) is 0 Å². The molecular weight excluding hydrogens is 204 g/mol. The van der Waals surface area contributed by atoms with Crippen molar-refractivity contribution in [2.75, 3.05) is 39.4 Å². The highest BCUT2D eigenvalue weighted by molar-refractivity contribution is 5.01. The Bertz CT molecular complexity index is 287. The molecule has 1 saturated heterocycles. The quantitative estimate of drug-likeness (QED) is 0.705. The summed E-state index contributed by atoms with van der Waals surface area (Å²) in [6.45, 7) is 6.75. The van der Waals surface area contributed by atoms with E-state index >= 15 is 0 Å². The highest BCUT2D eigenvalue weighted by Gasteiger charge is 2.08. The molecule has 1 aliphatic rings. The third-order valence-corrected chi connectivity index (χ3v) is 2.65. The summed E-state index contributed by atoms with van der Waals surface area (Å²) in [5, 5.41) is 3.39. The van der Waals surface area contributed by atoms with Crippen molar-refractivity contribution in [1.82, 2.24) is 20.2 Å². The Morgan fingerprint density at radius 2 is 2.00 bits per heavy atom. The van der Waals surface area contributed by atoms with Crippen molar-refractivity contribution in [1.29, 1.82) is 0 Å². The fourth-order valence-electron chi connectivity index (χ4n) is 1.72. The molecule has 1 N–H and O–H groups in total. The zero-order valence-electron chi connectivity index (χ0n) is 9.43. The van der Waals surface area contributed by atoms with Gasteiger partial charge in [-0.3, -0.25) is 4.90 Å². The molecule has 0 unspecified atom stereocenters. The summed E-state index contributed by atoms with van der Waals surface area (Å²) in [7, 11) is 0. The van der Waals surface area contributed by atoms with Crippen molar-refractivity contribution >= 4 is 0 Å². The van der Waals surface area contributed by atoms with Crippen LogP contribution in [0.4, 0.5) is 0 Å². The highest BCUT2D eigenvalue weighted by Crippen LogP contribution is 1.95. The molecule has 0 bridgehead atoms. The van der Waals surface area contributed by atoms with Gasteiger partial charge in [0.15, 0.2) is 0 Å². The maximum atomic E-state index is 5.30. The molecule has 2 rings (SSSR count). The van der Waals surface area contributed by atoms with Crippen LogP contribution >= 0.6 is 0 Å². The molecule has 0 aromatic carbocycles. The molecule has 0 radical (unpaired) electrons. The Morgan fingerprint density at radius 3 is 2.75 bits per heavy atom. The number of hydrogen-bond acceptors (Lipinski definition) is 5. The molecular formula is C11H18N4O. The van der Waals surface area contributed by atoms with Crippen molar-refractivity contribution in [2.24, 2.45) is 0 Å². The first-order valence-electron chi connectivity index (χ1n) is 5.70. The first kappa shape index (κ1) is 11.4. The normalized spacial score (nSPS) is 17.5.